The Labute approximate surface area is 86.2 Å². The van der Waals surface area contributed by atoms with E-state index in [2.05, 4.69) is 28.6 Å². The van der Waals surface area contributed by atoms with Crippen molar-refractivity contribution in [2.24, 2.45) is 0 Å². The Kier molecular flexibility index (Phi) is 3.38. The first-order valence-corrected chi connectivity index (χ1v) is 5.03. The van der Waals surface area contributed by atoms with Crippen molar-refractivity contribution in [3.63, 3.8) is 0 Å². The highest BCUT2D eigenvalue weighted by atomic mass is 32.1. The van der Waals surface area contributed by atoms with Gasteiger partial charge in [-0.25, -0.2) is 4.79 Å². The molecule has 0 spiro atoms. The Balaban J connectivity index is 2.87. The summed E-state index contributed by atoms with van der Waals surface area (Å²) in [7, 11) is 2.52. The molecule has 13 heavy (non-hydrogen) atoms. The number of hydrogen-bond donors (Lipinski definition) is 1. The number of rotatable bonds is 2. The van der Waals surface area contributed by atoms with Gasteiger partial charge in [-0.05, 0) is 6.92 Å². The number of hydrogen-bond acceptors (Lipinski definition) is 4. The summed E-state index contributed by atoms with van der Waals surface area (Å²) in [5.74, 6) is -0.302. The molecule has 0 aliphatic carbocycles. The molecule has 3 nitrogen and oxygen atoms in total. The summed E-state index contributed by atoms with van der Waals surface area (Å²) in [6, 6.07) is 0.167. The zero-order chi connectivity index (χ0) is 10.1. The standard InChI is InChI=1S/C8H14NO2PS/c1-3-4-8(13)7(10)11-5-6(2)9(8)12/h3,6,13H,1,4-5,12H2,2H3/t6-,8-/m0/s1. The molecule has 1 aliphatic rings. The Morgan fingerprint density at radius 3 is 3.15 bits per heavy atom. The fourth-order valence-corrected chi connectivity index (χ4v) is 1.94. The lowest BCUT2D eigenvalue weighted by molar-refractivity contribution is -0.158. The first-order chi connectivity index (χ1) is 6.02. The van der Waals surface area contributed by atoms with Crippen LogP contribution in [0.15, 0.2) is 12.7 Å². The second-order valence-corrected chi connectivity index (χ2v) is 4.46. The molecule has 0 saturated carbocycles. The third-order valence-electron chi connectivity index (χ3n) is 2.11. The van der Waals surface area contributed by atoms with Crippen LogP contribution in [0.4, 0.5) is 0 Å². The normalized spacial score (nSPS) is 35.6. The van der Waals surface area contributed by atoms with Crippen LogP contribution >= 0.6 is 22.0 Å². The molecule has 0 aromatic heterocycles. The van der Waals surface area contributed by atoms with Gasteiger partial charge in [0.1, 0.15) is 6.61 Å². The van der Waals surface area contributed by atoms with Gasteiger partial charge in [-0.15, -0.1) is 19.2 Å². The quantitative estimate of drug-likeness (QED) is 0.328. The Morgan fingerprint density at radius 2 is 2.62 bits per heavy atom. The van der Waals surface area contributed by atoms with Crippen molar-refractivity contribution in [3.8, 4) is 0 Å². The van der Waals surface area contributed by atoms with Gasteiger partial charge in [0.2, 0.25) is 0 Å². The molecule has 1 unspecified atom stereocenters. The van der Waals surface area contributed by atoms with Crippen LogP contribution in [0.3, 0.4) is 0 Å². The van der Waals surface area contributed by atoms with Crippen molar-refractivity contribution < 1.29 is 9.53 Å². The van der Waals surface area contributed by atoms with Crippen LogP contribution < -0.4 is 0 Å². The van der Waals surface area contributed by atoms with E-state index in [-0.39, 0.29) is 12.0 Å². The van der Waals surface area contributed by atoms with Crippen LogP contribution in [-0.2, 0) is 9.53 Å². The molecule has 3 atom stereocenters. The van der Waals surface area contributed by atoms with Gasteiger partial charge < -0.3 is 4.74 Å². The predicted octanol–water partition coefficient (Wildman–Crippen LogP) is 1.23. The number of esters is 1. The van der Waals surface area contributed by atoms with Crippen LogP contribution in [-0.4, -0.2) is 28.2 Å². The molecule has 1 aliphatic heterocycles. The SMILES string of the molecule is C=CC[C@]1(S)C(=O)OC[C@H](C)N1P. The predicted molar refractivity (Wildman–Crippen MR) is 58.5 cm³/mol. The molecule has 0 aromatic rings. The number of carbonyl (C=O) groups excluding carboxylic acids is 1. The maximum absolute atomic E-state index is 11.5. The Morgan fingerprint density at radius 1 is 2.00 bits per heavy atom. The minimum atomic E-state index is -0.871. The smallest absolute Gasteiger partial charge is 0.337 e. The van der Waals surface area contributed by atoms with Gasteiger partial charge >= 0.3 is 5.97 Å². The fourth-order valence-electron chi connectivity index (χ4n) is 1.25. The van der Waals surface area contributed by atoms with Crippen LogP contribution in [0.1, 0.15) is 13.3 Å². The lowest BCUT2D eigenvalue weighted by atomic mass is 10.1. The van der Waals surface area contributed by atoms with E-state index in [1.165, 1.54) is 0 Å². The van der Waals surface area contributed by atoms with E-state index >= 15 is 0 Å². The molecule has 0 bridgehead atoms. The van der Waals surface area contributed by atoms with Crippen molar-refractivity contribution in [1.82, 2.24) is 4.67 Å². The van der Waals surface area contributed by atoms with Crippen molar-refractivity contribution in [1.29, 1.82) is 0 Å². The number of nitrogens with zero attached hydrogens (tertiary/aromatic N) is 1. The minimum Gasteiger partial charge on any atom is -0.462 e. The number of thiol groups is 1. The number of morpholine rings is 1. The fraction of sp³-hybridized carbons (Fsp3) is 0.625. The molecular weight excluding hydrogens is 205 g/mol. The molecule has 0 aromatic carbocycles. The maximum atomic E-state index is 11.5. The first-order valence-electron chi connectivity index (χ1n) is 4.07. The molecule has 0 N–H and O–H groups in total. The number of carbonyl (C=O) groups is 1. The van der Waals surface area contributed by atoms with Crippen LogP contribution in [0, 0.1) is 0 Å². The molecule has 0 amide bonds. The minimum absolute atomic E-state index is 0.167. The van der Waals surface area contributed by atoms with E-state index in [0.29, 0.717) is 13.0 Å². The van der Waals surface area contributed by atoms with Gasteiger partial charge in [-0.1, -0.05) is 15.5 Å². The van der Waals surface area contributed by atoms with Crippen molar-refractivity contribution in [2.45, 2.75) is 24.3 Å². The summed E-state index contributed by atoms with van der Waals surface area (Å²) in [6.07, 6.45) is 2.14. The topological polar surface area (TPSA) is 29.5 Å². The van der Waals surface area contributed by atoms with E-state index in [1.807, 2.05) is 11.6 Å². The van der Waals surface area contributed by atoms with E-state index in [0.717, 1.165) is 0 Å². The summed E-state index contributed by atoms with van der Waals surface area (Å²) >= 11 is 4.34. The molecule has 0 radical (unpaired) electrons. The summed E-state index contributed by atoms with van der Waals surface area (Å²) in [6.45, 7) is 6.00. The average molecular weight is 219 g/mol. The van der Waals surface area contributed by atoms with Gasteiger partial charge in [-0.3, -0.25) is 4.67 Å². The van der Waals surface area contributed by atoms with Gasteiger partial charge in [0.05, 0.1) is 0 Å². The van der Waals surface area contributed by atoms with E-state index in [1.54, 1.807) is 6.08 Å². The molecule has 74 valence electrons. The van der Waals surface area contributed by atoms with Crippen LogP contribution in [0.2, 0.25) is 0 Å². The molecule has 1 fully saturated rings. The van der Waals surface area contributed by atoms with Crippen molar-refractivity contribution in [3.05, 3.63) is 12.7 Å². The summed E-state index contributed by atoms with van der Waals surface area (Å²) in [5.41, 5.74) is 0. The third-order valence-corrected chi connectivity index (χ3v) is 3.88. The molecular formula is C8H14NO2PS. The number of cyclic esters (lactones) is 1. The maximum Gasteiger partial charge on any atom is 0.337 e. The largest absolute Gasteiger partial charge is 0.462 e. The zero-order valence-electron chi connectivity index (χ0n) is 7.56. The molecule has 1 saturated heterocycles. The Bertz CT molecular complexity index is 236. The van der Waals surface area contributed by atoms with Crippen molar-refractivity contribution >= 4 is 28.0 Å². The van der Waals surface area contributed by atoms with E-state index in [4.69, 9.17) is 4.74 Å². The van der Waals surface area contributed by atoms with E-state index < -0.39 is 4.87 Å². The van der Waals surface area contributed by atoms with Gasteiger partial charge in [0.25, 0.3) is 0 Å². The van der Waals surface area contributed by atoms with Gasteiger partial charge in [0, 0.05) is 12.5 Å². The lowest BCUT2D eigenvalue weighted by Crippen LogP contribution is -2.55. The monoisotopic (exact) mass is 219 g/mol. The summed E-state index contributed by atoms with van der Waals surface area (Å²) in [5, 5.41) is 0. The highest BCUT2D eigenvalue weighted by Crippen LogP contribution is 2.35. The molecule has 1 rings (SSSR count). The van der Waals surface area contributed by atoms with Gasteiger partial charge in [0.15, 0.2) is 4.87 Å². The second kappa shape index (κ2) is 3.99. The highest BCUT2D eigenvalue weighted by molar-refractivity contribution is 7.82. The Hall–Kier alpha value is -0.0500. The van der Waals surface area contributed by atoms with Crippen LogP contribution in [0.5, 0.6) is 0 Å². The van der Waals surface area contributed by atoms with Gasteiger partial charge in [-0.2, -0.15) is 0 Å². The number of ether oxygens (including phenoxy) is 1. The third kappa shape index (κ3) is 1.90. The zero-order valence-corrected chi connectivity index (χ0v) is 9.61. The summed E-state index contributed by atoms with van der Waals surface area (Å²) < 4.78 is 6.85. The lowest BCUT2D eigenvalue weighted by Gasteiger charge is -2.42. The second-order valence-electron chi connectivity index (χ2n) is 3.16. The van der Waals surface area contributed by atoms with Crippen molar-refractivity contribution in [2.75, 3.05) is 6.61 Å². The summed E-state index contributed by atoms with van der Waals surface area (Å²) in [4.78, 5) is 10.6. The highest BCUT2D eigenvalue weighted by Gasteiger charge is 2.45. The average Bonchev–Trinajstić information content (AvgIpc) is 2.10. The first kappa shape index (κ1) is 11.0. The van der Waals surface area contributed by atoms with Crippen LogP contribution in [0.25, 0.3) is 0 Å². The molecule has 1 heterocycles. The molecule has 5 heteroatoms. The van der Waals surface area contributed by atoms with E-state index in [9.17, 15) is 4.79 Å².